The highest BCUT2D eigenvalue weighted by Crippen LogP contribution is 2.21. The number of hydrogen-bond acceptors (Lipinski definition) is 4. The summed E-state index contributed by atoms with van der Waals surface area (Å²) in [5.74, 6) is -0.313. The first-order valence-corrected chi connectivity index (χ1v) is 9.87. The Morgan fingerprint density at radius 2 is 1.79 bits per heavy atom. The highest BCUT2D eigenvalue weighted by molar-refractivity contribution is 6.05. The van der Waals surface area contributed by atoms with Crippen molar-refractivity contribution in [2.75, 3.05) is 31.6 Å². The van der Waals surface area contributed by atoms with Crippen LogP contribution >= 0.6 is 0 Å². The Morgan fingerprint density at radius 1 is 1.07 bits per heavy atom. The van der Waals surface area contributed by atoms with Gasteiger partial charge in [-0.3, -0.25) is 14.3 Å². The van der Waals surface area contributed by atoms with Gasteiger partial charge in [-0.15, -0.1) is 0 Å². The molecule has 29 heavy (non-hydrogen) atoms. The number of nitrogens with one attached hydrogen (secondary N) is 1. The fourth-order valence-electron chi connectivity index (χ4n) is 3.48. The second-order valence-corrected chi connectivity index (χ2v) is 7.03. The fourth-order valence-corrected chi connectivity index (χ4v) is 3.48. The molecule has 0 aliphatic carbocycles. The molecule has 7 heteroatoms. The minimum Gasteiger partial charge on any atom is -0.378 e. The van der Waals surface area contributed by atoms with Crippen LogP contribution in [0.15, 0.2) is 48.5 Å². The van der Waals surface area contributed by atoms with Gasteiger partial charge in [0.05, 0.1) is 18.7 Å². The number of benzene rings is 2. The molecule has 4 rings (SSSR count). The summed E-state index contributed by atoms with van der Waals surface area (Å²) in [7, 11) is 0. The molecule has 1 saturated heterocycles. The van der Waals surface area contributed by atoms with Gasteiger partial charge in [-0.05, 0) is 30.2 Å². The van der Waals surface area contributed by atoms with Gasteiger partial charge in [-0.2, -0.15) is 5.10 Å². The number of rotatable bonds is 5. The molecule has 1 fully saturated rings. The van der Waals surface area contributed by atoms with Crippen molar-refractivity contribution in [1.82, 2.24) is 14.7 Å². The number of hydrogen-bond donors (Lipinski definition) is 1. The molecule has 0 spiro atoms. The van der Waals surface area contributed by atoms with Crippen LogP contribution < -0.4 is 5.32 Å². The van der Waals surface area contributed by atoms with Gasteiger partial charge < -0.3 is 15.0 Å². The van der Waals surface area contributed by atoms with Gasteiger partial charge in [0.15, 0.2) is 5.69 Å². The summed E-state index contributed by atoms with van der Waals surface area (Å²) in [5, 5.41) is 8.15. The Morgan fingerprint density at radius 3 is 2.52 bits per heavy atom. The van der Waals surface area contributed by atoms with E-state index in [4.69, 9.17) is 4.74 Å². The Hall–Kier alpha value is -3.19. The van der Waals surface area contributed by atoms with E-state index in [0.717, 1.165) is 23.0 Å². The van der Waals surface area contributed by atoms with Gasteiger partial charge in [0.1, 0.15) is 6.54 Å². The molecule has 0 bridgehead atoms. The molecule has 0 atom stereocenters. The average molecular weight is 392 g/mol. The molecule has 1 aliphatic rings. The van der Waals surface area contributed by atoms with Crippen LogP contribution in [0.2, 0.25) is 0 Å². The summed E-state index contributed by atoms with van der Waals surface area (Å²) in [4.78, 5) is 27.3. The van der Waals surface area contributed by atoms with Crippen molar-refractivity contribution in [3.8, 4) is 0 Å². The number of carbonyl (C=O) groups is 2. The SMILES string of the molecule is CCc1ccc(NC(=O)Cn2nc(C(=O)N3CCOCC3)c3ccccc32)cc1. The summed E-state index contributed by atoms with van der Waals surface area (Å²) in [5.41, 5.74) is 3.10. The molecule has 2 heterocycles. The van der Waals surface area contributed by atoms with Crippen molar-refractivity contribution in [1.29, 1.82) is 0 Å². The van der Waals surface area contributed by atoms with E-state index in [-0.39, 0.29) is 18.4 Å². The number of fused-ring (bicyclic) bond motifs is 1. The number of anilines is 1. The lowest BCUT2D eigenvalue weighted by atomic mass is 10.1. The topological polar surface area (TPSA) is 76.5 Å². The van der Waals surface area contributed by atoms with Crippen LogP contribution in [-0.4, -0.2) is 52.8 Å². The van der Waals surface area contributed by atoms with Gasteiger partial charge in [0.2, 0.25) is 5.91 Å². The number of carbonyl (C=O) groups excluding carboxylic acids is 2. The third-order valence-electron chi connectivity index (χ3n) is 5.10. The van der Waals surface area contributed by atoms with Gasteiger partial charge in [0, 0.05) is 24.2 Å². The van der Waals surface area contributed by atoms with Crippen LogP contribution in [0.5, 0.6) is 0 Å². The second-order valence-electron chi connectivity index (χ2n) is 7.03. The maximum Gasteiger partial charge on any atom is 0.275 e. The zero-order chi connectivity index (χ0) is 20.2. The molecule has 1 N–H and O–H groups in total. The first-order chi connectivity index (χ1) is 14.2. The zero-order valence-corrected chi connectivity index (χ0v) is 16.4. The predicted octanol–water partition coefficient (Wildman–Crippen LogP) is 2.71. The lowest BCUT2D eigenvalue weighted by molar-refractivity contribution is -0.116. The molecule has 150 valence electrons. The maximum absolute atomic E-state index is 13.0. The smallest absolute Gasteiger partial charge is 0.275 e. The lowest BCUT2D eigenvalue weighted by Gasteiger charge is -2.26. The summed E-state index contributed by atoms with van der Waals surface area (Å²) >= 11 is 0. The molecular weight excluding hydrogens is 368 g/mol. The van der Waals surface area contributed by atoms with E-state index >= 15 is 0 Å². The van der Waals surface area contributed by atoms with Crippen molar-refractivity contribution in [3.05, 3.63) is 59.8 Å². The predicted molar refractivity (Wildman–Crippen MR) is 111 cm³/mol. The highest BCUT2D eigenvalue weighted by Gasteiger charge is 2.24. The standard InChI is InChI=1S/C22H24N4O3/c1-2-16-7-9-17(10-8-16)23-20(27)15-26-19-6-4-3-5-18(19)21(24-26)22(28)25-11-13-29-14-12-25/h3-10H,2,11-15H2,1H3,(H,23,27). The Labute approximate surface area is 169 Å². The molecule has 2 amide bonds. The van der Waals surface area contributed by atoms with Crippen molar-refractivity contribution < 1.29 is 14.3 Å². The molecule has 0 unspecified atom stereocenters. The van der Waals surface area contributed by atoms with E-state index < -0.39 is 0 Å². The van der Waals surface area contributed by atoms with Crippen LogP contribution in [0.25, 0.3) is 10.9 Å². The summed E-state index contributed by atoms with van der Waals surface area (Å²) in [6.07, 6.45) is 0.952. The second kappa shape index (κ2) is 8.45. The van der Waals surface area contributed by atoms with Gasteiger partial charge in [-0.1, -0.05) is 37.3 Å². The van der Waals surface area contributed by atoms with Crippen LogP contribution in [-0.2, 0) is 22.5 Å². The first-order valence-electron chi connectivity index (χ1n) is 9.87. The quantitative estimate of drug-likeness (QED) is 0.724. The molecule has 1 aliphatic heterocycles. The lowest BCUT2D eigenvalue weighted by Crippen LogP contribution is -2.41. The molecule has 0 radical (unpaired) electrons. The number of nitrogens with zero attached hydrogens (tertiary/aromatic N) is 3. The minimum atomic E-state index is -0.187. The molecular formula is C22H24N4O3. The van der Waals surface area contributed by atoms with E-state index in [1.54, 1.807) is 9.58 Å². The van der Waals surface area contributed by atoms with Gasteiger partial charge >= 0.3 is 0 Å². The molecule has 0 saturated carbocycles. The van der Waals surface area contributed by atoms with Crippen LogP contribution in [0.4, 0.5) is 5.69 Å². The van der Waals surface area contributed by atoms with Gasteiger partial charge in [-0.25, -0.2) is 0 Å². The Kier molecular flexibility index (Phi) is 5.57. The molecule has 3 aromatic rings. The van der Waals surface area contributed by atoms with E-state index in [1.807, 2.05) is 48.5 Å². The third kappa shape index (κ3) is 4.14. The first kappa shape index (κ1) is 19.1. The summed E-state index contributed by atoms with van der Waals surface area (Å²) < 4.78 is 6.93. The largest absolute Gasteiger partial charge is 0.378 e. The van der Waals surface area contributed by atoms with Crippen molar-refractivity contribution in [2.24, 2.45) is 0 Å². The van der Waals surface area contributed by atoms with E-state index in [1.165, 1.54) is 5.56 Å². The highest BCUT2D eigenvalue weighted by atomic mass is 16.5. The summed E-state index contributed by atoms with van der Waals surface area (Å²) in [6.45, 7) is 4.29. The normalized spacial score (nSPS) is 14.2. The number of para-hydroxylation sites is 1. The zero-order valence-electron chi connectivity index (χ0n) is 16.4. The van der Waals surface area contributed by atoms with Crippen LogP contribution in [0.1, 0.15) is 23.0 Å². The Balaban J connectivity index is 1.55. The number of ether oxygens (including phenoxy) is 1. The van der Waals surface area contributed by atoms with E-state index in [2.05, 4.69) is 17.3 Å². The van der Waals surface area contributed by atoms with Crippen molar-refractivity contribution in [2.45, 2.75) is 19.9 Å². The van der Waals surface area contributed by atoms with Crippen LogP contribution in [0, 0.1) is 0 Å². The monoisotopic (exact) mass is 392 g/mol. The van der Waals surface area contributed by atoms with E-state index in [0.29, 0.717) is 32.0 Å². The molecule has 1 aromatic heterocycles. The van der Waals surface area contributed by atoms with Crippen molar-refractivity contribution >= 4 is 28.4 Å². The molecule has 2 aromatic carbocycles. The fraction of sp³-hybridized carbons (Fsp3) is 0.318. The average Bonchev–Trinajstić information content (AvgIpc) is 3.12. The number of aromatic nitrogens is 2. The van der Waals surface area contributed by atoms with Gasteiger partial charge in [0.25, 0.3) is 5.91 Å². The van der Waals surface area contributed by atoms with Crippen LogP contribution in [0.3, 0.4) is 0 Å². The maximum atomic E-state index is 13.0. The minimum absolute atomic E-state index is 0.0342. The van der Waals surface area contributed by atoms with Crippen molar-refractivity contribution in [3.63, 3.8) is 0 Å². The third-order valence-corrected chi connectivity index (χ3v) is 5.10. The number of morpholine rings is 1. The van der Waals surface area contributed by atoms with E-state index in [9.17, 15) is 9.59 Å². The molecule has 7 nitrogen and oxygen atoms in total. The summed E-state index contributed by atoms with van der Waals surface area (Å²) in [6, 6.07) is 15.3. The number of amides is 2. The Bertz CT molecular complexity index is 1020. The number of aryl methyl sites for hydroxylation is 1.